The number of ether oxygens (including phenoxy) is 2. The molecule has 1 fully saturated rings. The number of unbranched alkanes of at least 4 members (excludes halogenated alkanes) is 1. The lowest BCUT2D eigenvalue weighted by atomic mass is 9.80. The molecule has 0 spiro atoms. The minimum Gasteiger partial charge on any atom is -0.493 e. The van der Waals surface area contributed by atoms with Crippen LogP contribution in [0.1, 0.15) is 57.4 Å². The number of benzene rings is 1. The van der Waals surface area contributed by atoms with Crippen molar-refractivity contribution >= 4 is 18.0 Å². The van der Waals surface area contributed by atoms with Gasteiger partial charge in [-0.1, -0.05) is 38.3 Å². The first-order valence-electron chi connectivity index (χ1n) is 10.9. The van der Waals surface area contributed by atoms with Gasteiger partial charge in [-0.3, -0.25) is 9.59 Å². The number of hydrogen-bond acceptors (Lipinski definition) is 5. The lowest BCUT2D eigenvalue weighted by molar-refractivity contribution is -0.140. The molecule has 166 valence electrons. The van der Waals surface area contributed by atoms with Crippen molar-refractivity contribution in [1.82, 2.24) is 5.32 Å². The molecule has 1 aliphatic carbocycles. The molecule has 31 heavy (non-hydrogen) atoms. The smallest absolute Gasteiger partial charge is 0.314 e. The van der Waals surface area contributed by atoms with Gasteiger partial charge in [0.2, 0.25) is 0 Å². The fourth-order valence-corrected chi connectivity index (χ4v) is 3.80. The average Bonchev–Trinajstić information content (AvgIpc) is 2.80. The van der Waals surface area contributed by atoms with Gasteiger partial charge in [0, 0.05) is 6.54 Å². The molecule has 1 aliphatic rings. The van der Waals surface area contributed by atoms with Crippen molar-refractivity contribution in [2.45, 2.75) is 51.9 Å². The Balaban J connectivity index is 2.04. The lowest BCUT2D eigenvalue weighted by Crippen LogP contribution is -2.25. The van der Waals surface area contributed by atoms with Crippen molar-refractivity contribution in [2.75, 3.05) is 13.7 Å². The van der Waals surface area contributed by atoms with Crippen LogP contribution in [-0.4, -0.2) is 25.5 Å². The molecule has 6 nitrogen and oxygen atoms in total. The number of nitrogens with one attached hydrogen (secondary N) is 1. The largest absolute Gasteiger partial charge is 0.493 e. The van der Waals surface area contributed by atoms with Gasteiger partial charge in [0.05, 0.1) is 13.0 Å². The van der Waals surface area contributed by atoms with Crippen molar-refractivity contribution < 1.29 is 19.1 Å². The summed E-state index contributed by atoms with van der Waals surface area (Å²) in [6, 6.07) is 6.85. The Morgan fingerprint density at radius 1 is 1.26 bits per heavy atom. The minimum absolute atomic E-state index is 0.0338. The summed E-state index contributed by atoms with van der Waals surface area (Å²) in [5.74, 6) is 0.655. The van der Waals surface area contributed by atoms with Gasteiger partial charge in [-0.25, -0.2) is 0 Å². The van der Waals surface area contributed by atoms with Gasteiger partial charge in [-0.15, -0.1) is 6.58 Å². The second-order valence-corrected chi connectivity index (χ2v) is 7.86. The molecular formula is C25H32N2O4. The fraction of sp³-hybridized carbons (Fsp3) is 0.480. The predicted octanol–water partition coefficient (Wildman–Crippen LogP) is 4.81. The van der Waals surface area contributed by atoms with Crippen LogP contribution in [0.25, 0.3) is 6.08 Å². The first kappa shape index (κ1) is 24.2. The number of methoxy groups -OCH3 is 1. The molecule has 0 heterocycles. The number of nitriles is 1. The van der Waals surface area contributed by atoms with Crippen molar-refractivity contribution in [2.24, 2.45) is 11.8 Å². The van der Waals surface area contributed by atoms with E-state index in [4.69, 9.17) is 9.47 Å². The summed E-state index contributed by atoms with van der Waals surface area (Å²) in [6.07, 6.45) is 10.6. The van der Waals surface area contributed by atoms with E-state index < -0.39 is 5.91 Å². The number of amides is 1. The predicted molar refractivity (Wildman–Crippen MR) is 120 cm³/mol. The van der Waals surface area contributed by atoms with E-state index in [9.17, 15) is 14.9 Å². The van der Waals surface area contributed by atoms with Gasteiger partial charge >= 0.3 is 5.97 Å². The lowest BCUT2D eigenvalue weighted by Gasteiger charge is -2.27. The molecule has 0 atom stereocenters. The number of carbonyl (C=O) groups is 2. The van der Waals surface area contributed by atoms with Crippen molar-refractivity contribution in [3.63, 3.8) is 0 Å². The van der Waals surface area contributed by atoms with Gasteiger partial charge < -0.3 is 14.8 Å². The Kier molecular flexibility index (Phi) is 9.83. The zero-order chi connectivity index (χ0) is 22.6. The molecule has 0 saturated heterocycles. The van der Waals surface area contributed by atoms with E-state index in [1.54, 1.807) is 18.2 Å². The Labute approximate surface area is 184 Å². The molecule has 0 radical (unpaired) electrons. The highest BCUT2D eigenvalue weighted by atomic mass is 16.6. The summed E-state index contributed by atoms with van der Waals surface area (Å²) >= 11 is 0. The maximum absolute atomic E-state index is 12.7. The minimum atomic E-state index is -0.480. The Morgan fingerprint density at radius 3 is 2.61 bits per heavy atom. The van der Waals surface area contributed by atoms with Gasteiger partial charge in [-0.2, -0.15) is 5.26 Å². The number of hydrogen-bond donors (Lipinski definition) is 1. The normalized spacial score (nSPS) is 18.5. The summed E-state index contributed by atoms with van der Waals surface area (Å²) < 4.78 is 11.0. The maximum Gasteiger partial charge on any atom is 0.314 e. The van der Waals surface area contributed by atoms with E-state index in [2.05, 4.69) is 18.8 Å². The molecule has 1 aromatic carbocycles. The topological polar surface area (TPSA) is 88.4 Å². The van der Waals surface area contributed by atoms with E-state index in [1.807, 2.05) is 6.07 Å². The monoisotopic (exact) mass is 424 g/mol. The SMILES string of the molecule is C=CCNC(=O)/C(C#N)=C/c1ccc(OC(=O)C2CCC(CCCC)CC2)c(OC)c1. The molecule has 0 aliphatic heterocycles. The highest BCUT2D eigenvalue weighted by Gasteiger charge is 2.28. The first-order valence-corrected chi connectivity index (χ1v) is 10.9. The third kappa shape index (κ3) is 7.29. The molecule has 6 heteroatoms. The van der Waals surface area contributed by atoms with Crippen LogP contribution < -0.4 is 14.8 Å². The van der Waals surface area contributed by atoms with Crippen LogP contribution in [0.15, 0.2) is 36.4 Å². The molecule has 1 saturated carbocycles. The highest BCUT2D eigenvalue weighted by Crippen LogP contribution is 2.35. The zero-order valence-electron chi connectivity index (χ0n) is 18.5. The molecule has 0 aromatic heterocycles. The van der Waals surface area contributed by atoms with Crippen molar-refractivity contribution in [3.05, 3.63) is 42.0 Å². The first-order chi connectivity index (χ1) is 15.0. The van der Waals surface area contributed by atoms with E-state index in [-0.39, 0.29) is 24.0 Å². The second kappa shape index (κ2) is 12.6. The summed E-state index contributed by atoms with van der Waals surface area (Å²) in [5.41, 5.74) is 0.562. The average molecular weight is 425 g/mol. The summed E-state index contributed by atoms with van der Waals surface area (Å²) in [5, 5.41) is 11.8. The van der Waals surface area contributed by atoms with Crippen molar-refractivity contribution in [1.29, 1.82) is 5.26 Å². The van der Waals surface area contributed by atoms with Crippen LogP contribution in [0.2, 0.25) is 0 Å². The fourth-order valence-electron chi connectivity index (χ4n) is 3.80. The standard InChI is InChI=1S/C25H32N2O4/c1-4-6-7-18-8-11-20(12-9-18)25(29)31-22-13-10-19(16-23(22)30-3)15-21(17-26)24(28)27-14-5-2/h5,10,13,15-16,18,20H,2,4,6-9,11-12,14H2,1,3H3,(H,27,28)/b21-15+. The van der Waals surface area contributed by atoms with Gasteiger partial charge in [0.1, 0.15) is 11.6 Å². The molecule has 1 amide bonds. The molecule has 0 bridgehead atoms. The maximum atomic E-state index is 12.7. The van der Waals surface area contributed by atoms with E-state index in [0.29, 0.717) is 17.1 Å². The van der Waals surface area contributed by atoms with E-state index >= 15 is 0 Å². The molecule has 0 unspecified atom stereocenters. The number of nitrogens with zero attached hydrogens (tertiary/aromatic N) is 1. The van der Waals surface area contributed by atoms with Crippen LogP contribution in [0.3, 0.4) is 0 Å². The van der Waals surface area contributed by atoms with Gasteiger partial charge in [0.25, 0.3) is 5.91 Å². The van der Waals surface area contributed by atoms with Gasteiger partial charge in [-0.05, 0) is 55.4 Å². The van der Waals surface area contributed by atoms with Gasteiger partial charge in [0.15, 0.2) is 11.5 Å². The van der Waals surface area contributed by atoms with Crippen LogP contribution in [-0.2, 0) is 9.59 Å². The Morgan fingerprint density at radius 2 is 2.00 bits per heavy atom. The van der Waals surface area contributed by atoms with E-state index in [1.165, 1.54) is 38.5 Å². The molecule has 1 N–H and O–H groups in total. The van der Waals surface area contributed by atoms with Crippen LogP contribution in [0.5, 0.6) is 11.5 Å². The van der Waals surface area contributed by atoms with E-state index in [0.717, 1.165) is 31.6 Å². The van der Waals surface area contributed by atoms with Crippen molar-refractivity contribution in [3.8, 4) is 17.6 Å². The highest BCUT2D eigenvalue weighted by molar-refractivity contribution is 6.01. The quantitative estimate of drug-likeness (QED) is 0.191. The Bertz CT molecular complexity index is 846. The van der Waals surface area contributed by atoms with Crippen LogP contribution >= 0.6 is 0 Å². The number of esters is 1. The summed E-state index contributed by atoms with van der Waals surface area (Å²) in [4.78, 5) is 24.7. The summed E-state index contributed by atoms with van der Waals surface area (Å²) in [6.45, 7) is 6.01. The summed E-state index contributed by atoms with van der Waals surface area (Å²) in [7, 11) is 1.49. The third-order valence-electron chi connectivity index (χ3n) is 5.63. The number of carbonyl (C=O) groups excluding carboxylic acids is 2. The van der Waals surface area contributed by atoms with Crippen LogP contribution in [0.4, 0.5) is 0 Å². The zero-order valence-corrected chi connectivity index (χ0v) is 18.5. The molecular weight excluding hydrogens is 392 g/mol. The molecule has 1 aromatic rings. The Hall–Kier alpha value is -3.07. The number of rotatable bonds is 10. The molecule has 2 rings (SSSR count). The second-order valence-electron chi connectivity index (χ2n) is 7.86. The third-order valence-corrected chi connectivity index (χ3v) is 5.63. The van der Waals surface area contributed by atoms with Crippen LogP contribution in [0, 0.1) is 23.2 Å².